The molecule has 3 N–H and O–H groups in total. The minimum Gasteiger partial charge on any atom is -0.457 e. The molecule has 0 saturated heterocycles. The predicted molar refractivity (Wildman–Crippen MR) is 247 cm³/mol. The van der Waals surface area contributed by atoms with Crippen molar-refractivity contribution in [2.24, 2.45) is 5.73 Å². The first-order valence-corrected chi connectivity index (χ1v) is 26.7. The van der Waals surface area contributed by atoms with Crippen LogP contribution in [-0.4, -0.2) is 49.9 Å². The van der Waals surface area contributed by atoms with Crippen molar-refractivity contribution in [3.63, 3.8) is 0 Å². The van der Waals surface area contributed by atoms with E-state index in [0.717, 1.165) is 32.1 Å². The molecular formula is C49H98NO7P. The minimum absolute atomic E-state index is 0.0921. The van der Waals surface area contributed by atoms with E-state index in [4.69, 9.17) is 24.3 Å². The minimum atomic E-state index is -4.28. The van der Waals surface area contributed by atoms with Crippen molar-refractivity contribution >= 4 is 13.8 Å². The number of rotatable bonds is 49. The summed E-state index contributed by atoms with van der Waals surface area (Å²) in [7, 11) is -4.28. The smallest absolute Gasteiger partial charge is 0.457 e. The van der Waals surface area contributed by atoms with Crippen molar-refractivity contribution in [3.8, 4) is 0 Å². The molecule has 2 unspecified atom stereocenters. The summed E-state index contributed by atoms with van der Waals surface area (Å²) in [5, 5.41) is 0. The Balaban J connectivity index is 3.91. The van der Waals surface area contributed by atoms with Crippen LogP contribution < -0.4 is 5.73 Å². The third-order valence-electron chi connectivity index (χ3n) is 11.2. The Morgan fingerprint density at radius 1 is 0.500 bits per heavy atom. The predicted octanol–water partition coefficient (Wildman–Crippen LogP) is 15.4. The fourth-order valence-electron chi connectivity index (χ4n) is 7.46. The van der Waals surface area contributed by atoms with Crippen LogP contribution in [0.5, 0.6) is 0 Å². The average Bonchev–Trinajstić information content (AvgIpc) is 3.21. The van der Waals surface area contributed by atoms with Crippen molar-refractivity contribution in [1.82, 2.24) is 0 Å². The van der Waals surface area contributed by atoms with Gasteiger partial charge >= 0.3 is 13.8 Å². The summed E-state index contributed by atoms with van der Waals surface area (Å²) >= 11 is 0. The van der Waals surface area contributed by atoms with Crippen molar-refractivity contribution in [2.75, 3.05) is 33.0 Å². The molecule has 0 aromatic carbocycles. The van der Waals surface area contributed by atoms with Crippen LogP contribution in [0.1, 0.15) is 258 Å². The lowest BCUT2D eigenvalue weighted by Crippen LogP contribution is -2.28. The molecule has 0 aliphatic carbocycles. The Morgan fingerprint density at radius 2 is 0.862 bits per heavy atom. The van der Waals surface area contributed by atoms with Crippen LogP contribution in [0.2, 0.25) is 0 Å². The second-order valence-electron chi connectivity index (χ2n) is 17.0. The zero-order valence-corrected chi connectivity index (χ0v) is 39.5. The summed E-state index contributed by atoms with van der Waals surface area (Å²) in [5.41, 5.74) is 5.39. The number of phosphoric acid groups is 1. The SMILES string of the molecule is CCCCCCCCCC/C=C\CCCCCCCCCCCC(=O)OC(COCCCCCCCCCCCCCCCCCCCC)COP(=O)(O)OCCN. The van der Waals surface area contributed by atoms with E-state index in [1.807, 2.05) is 0 Å². The van der Waals surface area contributed by atoms with Crippen molar-refractivity contribution in [1.29, 1.82) is 0 Å². The van der Waals surface area contributed by atoms with Gasteiger partial charge in [0.15, 0.2) is 0 Å². The molecule has 0 amide bonds. The number of carbonyl (C=O) groups excluding carboxylic acids is 1. The van der Waals surface area contributed by atoms with E-state index in [1.165, 1.54) is 205 Å². The van der Waals surface area contributed by atoms with Crippen molar-refractivity contribution in [2.45, 2.75) is 264 Å². The molecule has 0 aliphatic heterocycles. The fourth-order valence-corrected chi connectivity index (χ4v) is 8.23. The Bertz CT molecular complexity index is 904. The van der Waals surface area contributed by atoms with Gasteiger partial charge in [-0.1, -0.05) is 225 Å². The topological polar surface area (TPSA) is 117 Å². The van der Waals surface area contributed by atoms with Gasteiger partial charge in [-0.15, -0.1) is 0 Å². The molecule has 58 heavy (non-hydrogen) atoms. The lowest BCUT2D eigenvalue weighted by atomic mass is 10.0. The van der Waals surface area contributed by atoms with E-state index in [-0.39, 0.29) is 32.3 Å². The molecule has 0 saturated carbocycles. The highest BCUT2D eigenvalue weighted by Crippen LogP contribution is 2.43. The molecule has 0 aromatic rings. The van der Waals surface area contributed by atoms with Crippen LogP contribution in [0, 0.1) is 0 Å². The van der Waals surface area contributed by atoms with Gasteiger partial charge < -0.3 is 20.1 Å². The molecule has 8 nitrogen and oxygen atoms in total. The Hall–Kier alpha value is -0.760. The molecule has 9 heteroatoms. The molecule has 0 spiro atoms. The quantitative estimate of drug-likeness (QED) is 0.0269. The van der Waals surface area contributed by atoms with Crippen LogP contribution in [0.25, 0.3) is 0 Å². The number of ether oxygens (including phenoxy) is 2. The van der Waals surface area contributed by atoms with Gasteiger partial charge in [0.25, 0.3) is 0 Å². The summed E-state index contributed by atoms with van der Waals surface area (Å²) in [6.07, 6.45) is 52.4. The third-order valence-corrected chi connectivity index (χ3v) is 12.2. The van der Waals surface area contributed by atoms with Crippen LogP contribution in [-0.2, 0) is 27.9 Å². The highest BCUT2D eigenvalue weighted by molar-refractivity contribution is 7.47. The van der Waals surface area contributed by atoms with E-state index in [9.17, 15) is 14.3 Å². The highest BCUT2D eigenvalue weighted by Gasteiger charge is 2.25. The van der Waals surface area contributed by atoms with Gasteiger partial charge in [0.05, 0.1) is 19.8 Å². The number of nitrogens with two attached hydrogens (primary N) is 1. The monoisotopic (exact) mass is 844 g/mol. The van der Waals surface area contributed by atoms with Crippen LogP contribution in [0.4, 0.5) is 0 Å². The van der Waals surface area contributed by atoms with Gasteiger partial charge in [-0.2, -0.15) is 0 Å². The second-order valence-corrected chi connectivity index (χ2v) is 18.5. The Kier molecular flexibility index (Phi) is 46.7. The summed E-state index contributed by atoms with van der Waals surface area (Å²) in [6.45, 7) is 4.99. The van der Waals surface area contributed by atoms with Gasteiger partial charge in [0.1, 0.15) is 6.10 Å². The number of esters is 1. The standard InChI is InChI=1S/C49H98NO7P/c1-3-5-7-9-11-13-15-17-19-21-23-24-25-26-28-30-32-34-36-38-40-42-49(51)57-48(47-56-58(52,53)55-45-43-50)46-54-44-41-39-37-35-33-31-29-27-22-20-18-16-14-12-10-8-6-4-2/h21,23,48H,3-20,22,24-47,50H2,1-2H3,(H,52,53)/b23-21-. The first-order chi connectivity index (χ1) is 28.4. The van der Waals surface area contributed by atoms with Gasteiger partial charge in [0, 0.05) is 19.6 Å². The van der Waals surface area contributed by atoms with Gasteiger partial charge in [-0.05, 0) is 38.5 Å². The molecule has 0 heterocycles. The summed E-state index contributed by atoms with van der Waals surface area (Å²) in [4.78, 5) is 22.6. The first kappa shape index (κ1) is 57.2. The normalized spacial score (nSPS) is 13.4. The molecule has 0 bridgehead atoms. The van der Waals surface area contributed by atoms with Gasteiger partial charge in [-0.3, -0.25) is 13.8 Å². The molecular weight excluding hydrogens is 746 g/mol. The second kappa shape index (κ2) is 47.3. The van der Waals surface area contributed by atoms with Crippen LogP contribution >= 0.6 is 7.82 Å². The molecule has 0 fully saturated rings. The number of hydrogen-bond acceptors (Lipinski definition) is 7. The lowest BCUT2D eigenvalue weighted by Gasteiger charge is -2.20. The molecule has 0 aromatic heterocycles. The molecule has 0 aliphatic rings. The number of hydrogen-bond donors (Lipinski definition) is 2. The fraction of sp³-hybridized carbons (Fsp3) is 0.939. The van der Waals surface area contributed by atoms with E-state index >= 15 is 0 Å². The Morgan fingerprint density at radius 3 is 1.26 bits per heavy atom. The molecule has 0 radical (unpaired) electrons. The molecule has 2 atom stereocenters. The van der Waals surface area contributed by atoms with E-state index < -0.39 is 13.9 Å². The maximum atomic E-state index is 12.6. The van der Waals surface area contributed by atoms with Crippen molar-refractivity contribution in [3.05, 3.63) is 12.2 Å². The summed E-state index contributed by atoms with van der Waals surface area (Å²) in [5.74, 6) is -0.326. The molecule has 346 valence electrons. The largest absolute Gasteiger partial charge is 0.472 e. The zero-order chi connectivity index (χ0) is 42.3. The maximum Gasteiger partial charge on any atom is 0.472 e. The Labute approximate surface area is 360 Å². The van der Waals surface area contributed by atoms with E-state index in [1.54, 1.807) is 0 Å². The van der Waals surface area contributed by atoms with Gasteiger partial charge in [0.2, 0.25) is 0 Å². The number of unbranched alkanes of at least 4 members (excludes halogenated alkanes) is 34. The molecule has 0 rings (SSSR count). The summed E-state index contributed by atoms with van der Waals surface area (Å²) < 4.78 is 33.6. The number of allylic oxidation sites excluding steroid dienone is 2. The number of phosphoric ester groups is 1. The summed E-state index contributed by atoms with van der Waals surface area (Å²) in [6, 6.07) is 0. The van der Waals surface area contributed by atoms with E-state index in [2.05, 4.69) is 26.0 Å². The van der Waals surface area contributed by atoms with Gasteiger partial charge in [-0.25, -0.2) is 4.57 Å². The third kappa shape index (κ3) is 46.3. The highest BCUT2D eigenvalue weighted by atomic mass is 31.2. The average molecular weight is 844 g/mol. The maximum absolute atomic E-state index is 12.6. The van der Waals surface area contributed by atoms with Crippen LogP contribution in [0.3, 0.4) is 0 Å². The number of carbonyl (C=O) groups is 1. The first-order valence-electron chi connectivity index (χ1n) is 25.2. The van der Waals surface area contributed by atoms with Crippen LogP contribution in [0.15, 0.2) is 12.2 Å². The van der Waals surface area contributed by atoms with Crippen molar-refractivity contribution < 1.29 is 32.8 Å². The van der Waals surface area contributed by atoms with E-state index in [0.29, 0.717) is 13.0 Å². The lowest BCUT2D eigenvalue weighted by molar-refractivity contribution is -0.154. The zero-order valence-electron chi connectivity index (χ0n) is 38.6.